The average Bonchev–Trinajstić information content (AvgIpc) is 2.85. The van der Waals surface area contributed by atoms with Crippen LogP contribution in [-0.2, 0) is 7.05 Å². The molecule has 0 spiro atoms. The van der Waals surface area contributed by atoms with E-state index < -0.39 is 0 Å². The highest BCUT2D eigenvalue weighted by Crippen LogP contribution is 2.22. The fraction of sp³-hybridized carbons (Fsp3) is 0.154. The minimum absolute atomic E-state index is 0.138. The van der Waals surface area contributed by atoms with Gasteiger partial charge >= 0.3 is 0 Å². The van der Waals surface area contributed by atoms with Gasteiger partial charge in [0.05, 0.1) is 18.7 Å². The molecule has 0 radical (unpaired) electrons. The molecular weight excluding hydrogens is 246 g/mol. The fourth-order valence-electron chi connectivity index (χ4n) is 1.85. The lowest BCUT2D eigenvalue weighted by Crippen LogP contribution is -2.01. The minimum atomic E-state index is -0.138. The third-order valence-electron chi connectivity index (χ3n) is 2.79. The summed E-state index contributed by atoms with van der Waals surface area (Å²) in [5.41, 5.74) is 0.882. The molecule has 19 heavy (non-hydrogen) atoms. The quantitative estimate of drug-likeness (QED) is 0.697. The van der Waals surface area contributed by atoms with Gasteiger partial charge in [0, 0.05) is 13.1 Å². The van der Waals surface area contributed by atoms with Crippen molar-refractivity contribution in [3.63, 3.8) is 0 Å². The molecule has 96 valence electrons. The SMILES string of the molecule is COc1ccc2oc(-c3cnn(C)n3)cc(=O)c2c1. The number of hydrogen-bond acceptors (Lipinski definition) is 5. The van der Waals surface area contributed by atoms with Crippen LogP contribution in [0.15, 0.2) is 39.7 Å². The highest BCUT2D eigenvalue weighted by Gasteiger charge is 2.10. The third kappa shape index (κ3) is 1.97. The Bertz CT molecular complexity index is 804. The highest BCUT2D eigenvalue weighted by molar-refractivity contribution is 5.79. The molecule has 3 aromatic rings. The van der Waals surface area contributed by atoms with Gasteiger partial charge in [0.1, 0.15) is 17.0 Å². The second-order valence-corrected chi connectivity index (χ2v) is 4.06. The van der Waals surface area contributed by atoms with Gasteiger partial charge in [0.25, 0.3) is 0 Å². The van der Waals surface area contributed by atoms with Crippen molar-refractivity contribution in [2.24, 2.45) is 7.05 Å². The molecule has 0 aliphatic carbocycles. The van der Waals surface area contributed by atoms with Gasteiger partial charge in [-0.25, -0.2) is 0 Å². The number of rotatable bonds is 2. The molecule has 0 aliphatic rings. The van der Waals surface area contributed by atoms with Gasteiger partial charge < -0.3 is 9.15 Å². The van der Waals surface area contributed by atoms with Crippen LogP contribution in [0, 0.1) is 0 Å². The van der Waals surface area contributed by atoms with Gasteiger partial charge in [-0.2, -0.15) is 15.0 Å². The topological polar surface area (TPSA) is 70.2 Å². The zero-order valence-corrected chi connectivity index (χ0v) is 10.5. The fourth-order valence-corrected chi connectivity index (χ4v) is 1.85. The van der Waals surface area contributed by atoms with Crippen molar-refractivity contribution in [1.29, 1.82) is 0 Å². The summed E-state index contributed by atoms with van der Waals surface area (Å²) in [6.45, 7) is 0. The average molecular weight is 257 g/mol. The van der Waals surface area contributed by atoms with Gasteiger partial charge in [0.15, 0.2) is 11.2 Å². The summed E-state index contributed by atoms with van der Waals surface area (Å²) in [4.78, 5) is 13.5. The van der Waals surface area contributed by atoms with Crippen molar-refractivity contribution >= 4 is 11.0 Å². The van der Waals surface area contributed by atoms with E-state index in [1.54, 1.807) is 38.6 Å². The van der Waals surface area contributed by atoms with E-state index in [0.29, 0.717) is 28.2 Å². The summed E-state index contributed by atoms with van der Waals surface area (Å²) in [5, 5.41) is 8.54. The first kappa shape index (κ1) is 11.5. The Morgan fingerprint density at radius 1 is 1.32 bits per heavy atom. The lowest BCUT2D eigenvalue weighted by Gasteiger charge is -2.02. The Balaban J connectivity index is 2.22. The van der Waals surface area contributed by atoms with Gasteiger partial charge in [-0.15, -0.1) is 0 Å². The smallest absolute Gasteiger partial charge is 0.193 e. The molecule has 6 nitrogen and oxygen atoms in total. The van der Waals surface area contributed by atoms with Crippen molar-refractivity contribution in [3.8, 4) is 17.2 Å². The van der Waals surface area contributed by atoms with Crippen LogP contribution in [0.1, 0.15) is 0 Å². The number of hydrogen-bond donors (Lipinski definition) is 0. The molecular formula is C13H11N3O3. The van der Waals surface area contributed by atoms with E-state index in [2.05, 4.69) is 10.2 Å². The number of benzene rings is 1. The van der Waals surface area contributed by atoms with E-state index in [9.17, 15) is 4.79 Å². The predicted molar refractivity (Wildman–Crippen MR) is 69.0 cm³/mol. The maximum atomic E-state index is 12.1. The number of ether oxygens (including phenoxy) is 1. The van der Waals surface area contributed by atoms with Crippen LogP contribution >= 0.6 is 0 Å². The van der Waals surface area contributed by atoms with E-state index in [-0.39, 0.29) is 5.43 Å². The molecule has 0 unspecified atom stereocenters. The number of aryl methyl sites for hydroxylation is 1. The molecule has 0 saturated carbocycles. The zero-order chi connectivity index (χ0) is 13.4. The number of methoxy groups -OCH3 is 1. The summed E-state index contributed by atoms with van der Waals surface area (Å²) in [7, 11) is 3.25. The zero-order valence-electron chi connectivity index (χ0n) is 10.5. The standard InChI is InChI=1S/C13H11N3O3/c1-16-14-7-10(15-16)13-6-11(17)9-5-8(18-2)3-4-12(9)19-13/h3-7H,1-2H3. The summed E-state index contributed by atoms with van der Waals surface area (Å²) < 4.78 is 10.8. The monoisotopic (exact) mass is 257 g/mol. The van der Waals surface area contributed by atoms with Crippen LogP contribution in [0.25, 0.3) is 22.4 Å². The largest absolute Gasteiger partial charge is 0.497 e. The number of fused-ring (bicyclic) bond motifs is 1. The number of nitrogens with zero attached hydrogens (tertiary/aromatic N) is 3. The van der Waals surface area contributed by atoms with Crippen molar-refractivity contribution in [2.75, 3.05) is 7.11 Å². The maximum Gasteiger partial charge on any atom is 0.193 e. The predicted octanol–water partition coefficient (Wildman–Crippen LogP) is 1.60. The molecule has 2 heterocycles. The molecule has 0 saturated heterocycles. The molecule has 1 aromatic carbocycles. The van der Waals surface area contributed by atoms with Crippen LogP contribution in [0.4, 0.5) is 0 Å². The van der Waals surface area contributed by atoms with Crippen molar-refractivity contribution < 1.29 is 9.15 Å². The number of aromatic nitrogens is 3. The van der Waals surface area contributed by atoms with E-state index in [1.807, 2.05) is 0 Å². The molecule has 3 rings (SSSR count). The first-order chi connectivity index (χ1) is 9.17. The molecule has 2 aromatic heterocycles. The van der Waals surface area contributed by atoms with Crippen LogP contribution in [-0.4, -0.2) is 22.1 Å². The Hall–Kier alpha value is -2.63. The van der Waals surface area contributed by atoms with Crippen LogP contribution in [0.3, 0.4) is 0 Å². The van der Waals surface area contributed by atoms with Crippen molar-refractivity contribution in [1.82, 2.24) is 15.0 Å². The normalized spacial score (nSPS) is 10.8. The van der Waals surface area contributed by atoms with Crippen molar-refractivity contribution in [3.05, 3.63) is 40.7 Å². The molecule has 6 heteroatoms. The van der Waals surface area contributed by atoms with Gasteiger partial charge in [-0.1, -0.05) is 0 Å². The van der Waals surface area contributed by atoms with Gasteiger partial charge in [-0.05, 0) is 18.2 Å². The second-order valence-electron chi connectivity index (χ2n) is 4.06. The molecule has 0 bridgehead atoms. The Kier molecular flexibility index (Phi) is 2.56. The van der Waals surface area contributed by atoms with Crippen molar-refractivity contribution in [2.45, 2.75) is 0 Å². The van der Waals surface area contributed by atoms with E-state index in [1.165, 1.54) is 10.9 Å². The lowest BCUT2D eigenvalue weighted by molar-refractivity contribution is 0.415. The third-order valence-corrected chi connectivity index (χ3v) is 2.79. The highest BCUT2D eigenvalue weighted by atomic mass is 16.5. The Morgan fingerprint density at radius 2 is 2.16 bits per heavy atom. The maximum absolute atomic E-state index is 12.1. The molecule has 0 amide bonds. The van der Waals surface area contributed by atoms with Gasteiger partial charge in [0.2, 0.25) is 0 Å². The lowest BCUT2D eigenvalue weighted by atomic mass is 10.2. The Morgan fingerprint density at radius 3 is 2.84 bits per heavy atom. The first-order valence-electron chi connectivity index (χ1n) is 5.66. The minimum Gasteiger partial charge on any atom is -0.497 e. The first-order valence-corrected chi connectivity index (χ1v) is 5.66. The van der Waals surface area contributed by atoms with E-state index in [0.717, 1.165) is 0 Å². The van der Waals surface area contributed by atoms with Crippen LogP contribution in [0.2, 0.25) is 0 Å². The molecule has 0 N–H and O–H groups in total. The summed E-state index contributed by atoms with van der Waals surface area (Å²) >= 11 is 0. The molecule has 0 aliphatic heterocycles. The summed E-state index contributed by atoms with van der Waals surface area (Å²) in [6.07, 6.45) is 1.55. The molecule has 0 fully saturated rings. The molecule has 0 atom stereocenters. The van der Waals surface area contributed by atoms with E-state index in [4.69, 9.17) is 9.15 Å². The summed E-state index contributed by atoms with van der Waals surface area (Å²) in [6, 6.07) is 6.51. The van der Waals surface area contributed by atoms with Crippen LogP contribution < -0.4 is 10.2 Å². The van der Waals surface area contributed by atoms with Crippen LogP contribution in [0.5, 0.6) is 5.75 Å². The van der Waals surface area contributed by atoms with Gasteiger partial charge in [-0.3, -0.25) is 4.79 Å². The summed E-state index contributed by atoms with van der Waals surface area (Å²) in [5.74, 6) is 1.02. The second kappa shape index (κ2) is 4.24. The Labute approximate surface area is 108 Å². The van der Waals surface area contributed by atoms with E-state index >= 15 is 0 Å².